The summed E-state index contributed by atoms with van der Waals surface area (Å²) >= 11 is 0. The molecule has 41 heavy (non-hydrogen) atoms. The third kappa shape index (κ3) is 5.80. The number of anilines is 1. The number of carbonyl (C=O) groups excluding carboxylic acids is 1. The van der Waals surface area contributed by atoms with Gasteiger partial charge in [-0.3, -0.25) is 9.59 Å². The van der Waals surface area contributed by atoms with Gasteiger partial charge in [0, 0.05) is 36.7 Å². The Morgan fingerprint density at radius 3 is 2.71 bits per heavy atom. The van der Waals surface area contributed by atoms with Crippen LogP contribution in [0.4, 0.5) is 10.3 Å². The lowest BCUT2D eigenvalue weighted by Gasteiger charge is -2.31. The van der Waals surface area contributed by atoms with Gasteiger partial charge >= 0.3 is 0 Å². The topological polar surface area (TPSA) is 126 Å². The van der Waals surface area contributed by atoms with Gasteiger partial charge < -0.3 is 24.6 Å². The van der Waals surface area contributed by atoms with Gasteiger partial charge in [0.05, 0.1) is 48.1 Å². The molecule has 2 aliphatic rings. The van der Waals surface area contributed by atoms with Crippen LogP contribution in [0.25, 0.3) is 10.8 Å². The normalized spacial score (nSPS) is 18.6. The van der Waals surface area contributed by atoms with Crippen molar-refractivity contribution >= 4 is 22.6 Å². The van der Waals surface area contributed by atoms with Crippen LogP contribution >= 0.6 is 0 Å². The number of carbonyl (C=O) groups is 1. The highest BCUT2D eigenvalue weighted by Crippen LogP contribution is 2.26. The summed E-state index contributed by atoms with van der Waals surface area (Å²) in [6.45, 7) is 2.12. The summed E-state index contributed by atoms with van der Waals surface area (Å²) in [5.74, 6) is -0.612. The summed E-state index contributed by atoms with van der Waals surface area (Å²) in [6, 6.07) is 11.5. The first kappa shape index (κ1) is 26.9. The van der Waals surface area contributed by atoms with Crippen molar-refractivity contribution in [1.82, 2.24) is 30.0 Å². The summed E-state index contributed by atoms with van der Waals surface area (Å²) in [6.07, 6.45) is 1.75. The molecule has 0 atom stereocenters. The van der Waals surface area contributed by atoms with Crippen molar-refractivity contribution in [3.63, 3.8) is 0 Å². The Morgan fingerprint density at radius 1 is 1.15 bits per heavy atom. The zero-order valence-corrected chi connectivity index (χ0v) is 22.8. The lowest BCUT2D eigenvalue weighted by atomic mass is 10.0. The number of amides is 1. The van der Waals surface area contributed by atoms with E-state index < -0.39 is 11.7 Å². The number of rotatable bonds is 7. The lowest BCUT2D eigenvalue weighted by Crippen LogP contribution is -2.44. The van der Waals surface area contributed by atoms with Crippen LogP contribution in [0, 0.1) is 5.82 Å². The maximum Gasteiger partial charge on any atom is 0.272 e. The van der Waals surface area contributed by atoms with Gasteiger partial charge in [-0.05, 0) is 37.9 Å². The molecule has 1 fully saturated rings. The first-order valence-electron chi connectivity index (χ1n) is 13.4. The van der Waals surface area contributed by atoms with Crippen molar-refractivity contribution < 1.29 is 18.7 Å². The molecule has 6 rings (SSSR count). The summed E-state index contributed by atoms with van der Waals surface area (Å²) in [7, 11) is 3.92. The monoisotopic (exact) mass is 559 g/mol. The van der Waals surface area contributed by atoms with Gasteiger partial charge in [0.1, 0.15) is 5.82 Å². The average Bonchev–Trinajstić information content (AvgIpc) is 3.40. The number of ether oxygens (including phenoxy) is 2. The van der Waals surface area contributed by atoms with E-state index >= 15 is 0 Å². The number of aromatic nitrogens is 4. The first-order valence-corrected chi connectivity index (χ1v) is 13.4. The number of hydrogen-bond acceptors (Lipinski definition) is 9. The van der Waals surface area contributed by atoms with Crippen molar-refractivity contribution in [3.8, 4) is 0 Å². The van der Waals surface area contributed by atoms with Crippen molar-refractivity contribution in [1.29, 1.82) is 0 Å². The van der Waals surface area contributed by atoms with Crippen LogP contribution in [0.2, 0.25) is 0 Å². The summed E-state index contributed by atoms with van der Waals surface area (Å²) in [5.41, 5.74) is 2.55. The fourth-order valence-electron chi connectivity index (χ4n) is 5.10. The quantitative estimate of drug-likeness (QED) is 0.351. The Labute approximate surface area is 235 Å². The van der Waals surface area contributed by atoms with Crippen molar-refractivity contribution in [2.24, 2.45) is 0 Å². The summed E-state index contributed by atoms with van der Waals surface area (Å²) in [5, 5.41) is 11.2. The Bertz CT molecular complexity index is 1650. The van der Waals surface area contributed by atoms with E-state index in [4.69, 9.17) is 9.47 Å². The molecule has 0 unspecified atom stereocenters. The molecule has 0 bridgehead atoms. The maximum absolute atomic E-state index is 14.9. The second-order valence-corrected chi connectivity index (χ2v) is 10.6. The predicted octanol–water partition coefficient (Wildman–Crippen LogP) is 2.31. The Kier molecular flexibility index (Phi) is 7.43. The number of nitrogens with one attached hydrogen (secondary N) is 2. The van der Waals surface area contributed by atoms with Crippen LogP contribution in [0.5, 0.6) is 0 Å². The van der Waals surface area contributed by atoms with Gasteiger partial charge in [-0.15, -0.1) is 0 Å². The fraction of sp³-hybridized carbons (Fsp3) is 0.345. The minimum Gasteiger partial charge on any atom is -0.349 e. The van der Waals surface area contributed by atoms with Crippen molar-refractivity contribution in [2.75, 3.05) is 39.2 Å². The van der Waals surface area contributed by atoms with E-state index in [0.29, 0.717) is 59.9 Å². The smallest absolute Gasteiger partial charge is 0.272 e. The zero-order chi connectivity index (χ0) is 28.5. The standard InChI is InChI=1S/C29H30FN7O4/c1-36(2)14-26-40-15-19(16-41-26)32-29-31-11-18-12-37(13-25(18)33-29)28(39)22-9-17(7-8-23(22)30)10-24-20-5-3-4-6-21(20)27(38)35-34-24/h3-9,11,19,26H,10,12-16H2,1-2H3,(H,35,38)(H,31,32,33)/t19-,26-. The SMILES string of the molecule is CN(C)C[C@H]1OC[C@H](Nc2ncc3c(n2)CN(C(=O)c2cc(Cc4n[nH]c(=O)c5ccccc45)ccc2F)C3)CO1. The van der Waals surface area contributed by atoms with E-state index in [0.717, 1.165) is 5.56 Å². The fourth-order valence-corrected chi connectivity index (χ4v) is 5.10. The van der Waals surface area contributed by atoms with Crippen LogP contribution in [0.15, 0.2) is 53.5 Å². The molecule has 212 valence electrons. The molecule has 4 aromatic rings. The molecule has 0 radical (unpaired) electrons. The number of H-pyrrole nitrogens is 1. The number of aromatic amines is 1. The molecule has 2 aromatic heterocycles. The minimum absolute atomic E-state index is 0.0286. The molecule has 2 aliphatic heterocycles. The summed E-state index contributed by atoms with van der Waals surface area (Å²) in [4.78, 5) is 38.1. The van der Waals surface area contributed by atoms with Gasteiger partial charge in [-0.2, -0.15) is 5.10 Å². The van der Waals surface area contributed by atoms with Crippen LogP contribution in [-0.4, -0.2) is 82.1 Å². The van der Waals surface area contributed by atoms with Gasteiger partial charge in [-0.1, -0.05) is 24.3 Å². The van der Waals surface area contributed by atoms with E-state index in [1.54, 1.807) is 35.4 Å². The van der Waals surface area contributed by atoms with Gasteiger partial charge in [0.2, 0.25) is 5.95 Å². The Morgan fingerprint density at radius 2 is 1.93 bits per heavy atom. The highest BCUT2D eigenvalue weighted by Gasteiger charge is 2.29. The van der Waals surface area contributed by atoms with Gasteiger partial charge in [0.15, 0.2) is 6.29 Å². The minimum atomic E-state index is -0.604. The molecule has 2 N–H and O–H groups in total. The van der Waals surface area contributed by atoms with Crippen molar-refractivity contribution in [2.45, 2.75) is 31.8 Å². The van der Waals surface area contributed by atoms with E-state index in [2.05, 4.69) is 25.5 Å². The summed E-state index contributed by atoms with van der Waals surface area (Å²) < 4.78 is 26.4. The number of nitrogens with zero attached hydrogens (tertiary/aromatic N) is 5. The Hall–Kier alpha value is -4.26. The van der Waals surface area contributed by atoms with Crippen LogP contribution < -0.4 is 10.9 Å². The second-order valence-electron chi connectivity index (χ2n) is 10.6. The highest BCUT2D eigenvalue weighted by atomic mass is 19.1. The van der Waals surface area contributed by atoms with E-state index in [1.165, 1.54) is 6.07 Å². The molecule has 0 aliphatic carbocycles. The van der Waals surface area contributed by atoms with E-state index in [-0.39, 0.29) is 36.5 Å². The average molecular weight is 560 g/mol. The number of hydrogen-bond donors (Lipinski definition) is 2. The molecule has 12 heteroatoms. The van der Waals surface area contributed by atoms with Gasteiger partial charge in [-0.25, -0.2) is 19.5 Å². The van der Waals surface area contributed by atoms with E-state index in [1.807, 2.05) is 31.1 Å². The largest absolute Gasteiger partial charge is 0.349 e. The van der Waals surface area contributed by atoms with Crippen molar-refractivity contribution in [3.05, 3.63) is 92.9 Å². The molecule has 0 saturated carbocycles. The highest BCUT2D eigenvalue weighted by molar-refractivity contribution is 5.95. The predicted molar refractivity (Wildman–Crippen MR) is 149 cm³/mol. The third-order valence-corrected chi connectivity index (χ3v) is 7.17. The first-order chi connectivity index (χ1) is 19.8. The molecule has 0 spiro atoms. The lowest BCUT2D eigenvalue weighted by molar-refractivity contribution is -0.187. The number of fused-ring (bicyclic) bond motifs is 2. The molecule has 1 amide bonds. The number of benzene rings is 2. The molecular formula is C29H30FN7O4. The molecule has 1 saturated heterocycles. The molecular weight excluding hydrogens is 529 g/mol. The van der Waals surface area contributed by atoms with Crippen LogP contribution in [0.3, 0.4) is 0 Å². The third-order valence-electron chi connectivity index (χ3n) is 7.17. The Balaban J connectivity index is 1.13. The molecule has 2 aromatic carbocycles. The van der Waals surface area contributed by atoms with Gasteiger partial charge in [0.25, 0.3) is 11.5 Å². The number of likely N-dealkylation sites (N-methyl/N-ethyl adjacent to an activating group) is 1. The van der Waals surface area contributed by atoms with Crippen LogP contribution in [0.1, 0.15) is 32.9 Å². The number of halogens is 1. The zero-order valence-electron chi connectivity index (χ0n) is 22.8. The maximum atomic E-state index is 14.9. The molecule has 11 nitrogen and oxygen atoms in total. The van der Waals surface area contributed by atoms with Crippen LogP contribution in [-0.2, 0) is 29.0 Å². The van der Waals surface area contributed by atoms with E-state index in [9.17, 15) is 14.0 Å². The molecule has 4 heterocycles. The second kappa shape index (κ2) is 11.3.